The molecule has 1 unspecified atom stereocenters. The molecule has 2 aliphatic heterocycles. The molecule has 6 rings (SSSR count). The molecule has 13 heteroatoms. The summed E-state index contributed by atoms with van der Waals surface area (Å²) >= 11 is 12.7. The Hall–Kier alpha value is -2.67. The van der Waals surface area contributed by atoms with E-state index in [-0.39, 0.29) is 43.4 Å². The maximum atomic E-state index is 14.3. The summed E-state index contributed by atoms with van der Waals surface area (Å²) in [5, 5.41) is -0.184. The summed E-state index contributed by atoms with van der Waals surface area (Å²) < 4.78 is 63.0. The van der Waals surface area contributed by atoms with Gasteiger partial charge in [-0.3, -0.25) is 9.69 Å². The molecule has 0 radical (unpaired) electrons. The highest BCUT2D eigenvalue weighted by Crippen LogP contribution is 2.44. The lowest BCUT2D eigenvalue weighted by molar-refractivity contribution is -0.140. The highest BCUT2D eigenvalue weighted by molar-refractivity contribution is 8.10. The van der Waals surface area contributed by atoms with Crippen LogP contribution in [0.3, 0.4) is 0 Å². The van der Waals surface area contributed by atoms with E-state index >= 15 is 0 Å². The van der Waals surface area contributed by atoms with Gasteiger partial charge in [0.1, 0.15) is 9.79 Å². The molecule has 234 valence electrons. The number of amides is 1. The summed E-state index contributed by atoms with van der Waals surface area (Å²) in [6, 6.07) is 16.7. The number of carbonyl (C=O) groups excluding carboxylic acids is 1. The normalized spacial score (nSPS) is 20.0. The molecule has 2 saturated heterocycles. The molecule has 3 aromatic carbocycles. The smallest absolute Gasteiger partial charge is 0.279 e. The van der Waals surface area contributed by atoms with Crippen LogP contribution >= 0.6 is 23.2 Å². The number of nitrogens with zero attached hydrogens (tertiary/aromatic N) is 3. The fourth-order valence-corrected chi connectivity index (χ4v) is 11.2. The number of hydrogen-bond donors (Lipinski definition) is 0. The van der Waals surface area contributed by atoms with Crippen LogP contribution in [0.1, 0.15) is 36.4 Å². The first-order chi connectivity index (χ1) is 21.1. The number of rotatable bonds is 7. The van der Waals surface area contributed by atoms with E-state index in [2.05, 4.69) is 4.90 Å². The maximum absolute atomic E-state index is 14.3. The number of benzene rings is 3. The standard InChI is InChI=1S/C31H33Cl2N3O6S2/c32-25-7-1-3-10-29(25)43(38,39)36(44(40,41)30-11-4-2-8-26(30)33)28-9-5-6-23-24(28)12-13-27(23)34-16-18-35(19-17-34)31(37)22-14-20-42-21-15-22/h1-11,22,27H,12-21H2. The minimum Gasteiger partial charge on any atom is -0.381 e. The Balaban J connectivity index is 1.35. The average Bonchev–Trinajstić information content (AvgIpc) is 3.46. The number of halogens is 2. The summed E-state index contributed by atoms with van der Waals surface area (Å²) in [6.45, 7) is 3.79. The third kappa shape index (κ3) is 5.74. The second-order valence-electron chi connectivity index (χ2n) is 11.2. The van der Waals surface area contributed by atoms with Gasteiger partial charge < -0.3 is 9.64 Å². The van der Waals surface area contributed by atoms with Crippen molar-refractivity contribution in [3.05, 3.63) is 87.9 Å². The maximum Gasteiger partial charge on any atom is 0.279 e. The number of ether oxygens (including phenoxy) is 1. The lowest BCUT2D eigenvalue weighted by Gasteiger charge is -2.40. The van der Waals surface area contributed by atoms with Gasteiger partial charge in [-0.15, -0.1) is 0 Å². The number of anilines is 1. The molecule has 0 bridgehead atoms. The molecule has 9 nitrogen and oxygen atoms in total. The van der Waals surface area contributed by atoms with E-state index in [0.717, 1.165) is 18.4 Å². The highest BCUT2D eigenvalue weighted by atomic mass is 35.5. The Bertz CT molecular complexity index is 1700. The van der Waals surface area contributed by atoms with Crippen molar-refractivity contribution in [2.45, 2.75) is 41.5 Å². The minimum absolute atomic E-state index is 0.0104. The first-order valence-corrected chi connectivity index (χ1v) is 18.3. The molecule has 0 spiro atoms. The third-order valence-corrected chi connectivity index (χ3v) is 13.9. The van der Waals surface area contributed by atoms with Crippen molar-refractivity contribution in [2.75, 3.05) is 43.1 Å². The van der Waals surface area contributed by atoms with Crippen molar-refractivity contribution < 1.29 is 26.4 Å². The summed E-state index contributed by atoms with van der Waals surface area (Å²) in [5.74, 6) is 0.198. The SMILES string of the molecule is O=C(C1CCOCC1)N1CCN(C2CCc3c2cccc3N(S(=O)(=O)c2ccccc2Cl)S(=O)(=O)c2ccccc2Cl)CC1. The fraction of sp³-hybridized carbons (Fsp3) is 0.387. The van der Waals surface area contributed by atoms with Gasteiger partial charge in [0, 0.05) is 51.4 Å². The van der Waals surface area contributed by atoms with Gasteiger partial charge in [-0.25, -0.2) is 0 Å². The number of carbonyl (C=O) groups is 1. The molecule has 1 aliphatic carbocycles. The van der Waals surface area contributed by atoms with Gasteiger partial charge in [-0.1, -0.05) is 59.6 Å². The Morgan fingerprint density at radius 2 is 1.32 bits per heavy atom. The summed E-state index contributed by atoms with van der Waals surface area (Å²) in [5.41, 5.74) is 1.57. The molecule has 3 aromatic rings. The quantitative estimate of drug-likeness (QED) is 0.341. The lowest BCUT2D eigenvalue weighted by Crippen LogP contribution is -2.51. The van der Waals surface area contributed by atoms with Crippen molar-refractivity contribution in [2.24, 2.45) is 5.92 Å². The van der Waals surface area contributed by atoms with Crippen LogP contribution in [0.2, 0.25) is 10.0 Å². The van der Waals surface area contributed by atoms with Gasteiger partial charge in [0.15, 0.2) is 0 Å². The second-order valence-corrected chi connectivity index (χ2v) is 15.8. The number of sulfonamides is 2. The van der Waals surface area contributed by atoms with E-state index in [1.54, 1.807) is 18.2 Å². The monoisotopic (exact) mass is 677 g/mol. The molecule has 2 heterocycles. The van der Waals surface area contributed by atoms with Crippen LogP contribution in [0.4, 0.5) is 5.69 Å². The summed E-state index contributed by atoms with van der Waals surface area (Å²) in [7, 11) is -9.42. The fourth-order valence-electron chi connectivity index (χ4n) is 6.49. The molecular weight excluding hydrogens is 645 g/mol. The Morgan fingerprint density at radius 1 is 0.750 bits per heavy atom. The van der Waals surface area contributed by atoms with Crippen molar-refractivity contribution in [1.82, 2.24) is 9.80 Å². The van der Waals surface area contributed by atoms with Crippen LogP contribution in [0.25, 0.3) is 0 Å². The predicted molar refractivity (Wildman–Crippen MR) is 169 cm³/mol. The van der Waals surface area contributed by atoms with Gasteiger partial charge in [0.25, 0.3) is 20.0 Å². The zero-order valence-electron chi connectivity index (χ0n) is 23.9. The van der Waals surface area contributed by atoms with Gasteiger partial charge >= 0.3 is 0 Å². The van der Waals surface area contributed by atoms with Crippen LogP contribution in [-0.2, 0) is 36.0 Å². The third-order valence-electron chi connectivity index (χ3n) is 8.71. The van der Waals surface area contributed by atoms with Crippen LogP contribution in [0.5, 0.6) is 0 Å². The van der Waals surface area contributed by atoms with E-state index < -0.39 is 20.0 Å². The molecule has 3 aliphatic rings. The topological polar surface area (TPSA) is 104 Å². The molecule has 1 atom stereocenters. The Kier molecular flexibility index (Phi) is 8.98. The molecule has 1 amide bonds. The lowest BCUT2D eigenvalue weighted by atomic mass is 9.98. The Labute approximate surface area is 268 Å². The molecule has 44 heavy (non-hydrogen) atoms. The van der Waals surface area contributed by atoms with Gasteiger partial charge in [-0.2, -0.15) is 20.5 Å². The van der Waals surface area contributed by atoms with Crippen molar-refractivity contribution in [3.8, 4) is 0 Å². The number of hydrogen-bond acceptors (Lipinski definition) is 7. The zero-order valence-corrected chi connectivity index (χ0v) is 27.1. The molecule has 0 N–H and O–H groups in total. The Morgan fingerprint density at radius 3 is 1.89 bits per heavy atom. The molecule has 2 fully saturated rings. The van der Waals surface area contributed by atoms with E-state index in [0.29, 0.717) is 61.5 Å². The second kappa shape index (κ2) is 12.6. The van der Waals surface area contributed by atoms with Crippen molar-refractivity contribution in [3.63, 3.8) is 0 Å². The minimum atomic E-state index is -4.71. The molecule has 0 aromatic heterocycles. The molecular formula is C31H33Cl2N3O6S2. The van der Waals surface area contributed by atoms with E-state index in [1.165, 1.54) is 42.5 Å². The largest absolute Gasteiger partial charge is 0.381 e. The van der Waals surface area contributed by atoms with Gasteiger partial charge in [0.05, 0.1) is 15.7 Å². The first kappa shape index (κ1) is 31.3. The highest BCUT2D eigenvalue weighted by Gasteiger charge is 2.42. The van der Waals surface area contributed by atoms with Crippen LogP contribution in [-0.4, -0.2) is 71.9 Å². The van der Waals surface area contributed by atoms with Crippen molar-refractivity contribution in [1.29, 1.82) is 0 Å². The first-order valence-electron chi connectivity index (χ1n) is 14.6. The van der Waals surface area contributed by atoms with E-state index in [1.807, 2.05) is 11.0 Å². The van der Waals surface area contributed by atoms with Crippen LogP contribution < -0.4 is 3.71 Å². The van der Waals surface area contributed by atoms with E-state index in [4.69, 9.17) is 27.9 Å². The van der Waals surface area contributed by atoms with Crippen LogP contribution in [0, 0.1) is 5.92 Å². The average molecular weight is 679 g/mol. The van der Waals surface area contributed by atoms with Gasteiger partial charge in [-0.05, 0) is 67.1 Å². The number of fused-ring (bicyclic) bond motifs is 1. The van der Waals surface area contributed by atoms with E-state index in [9.17, 15) is 21.6 Å². The summed E-state index contributed by atoms with van der Waals surface area (Å²) in [4.78, 5) is 16.7. The zero-order chi connectivity index (χ0) is 31.1. The van der Waals surface area contributed by atoms with Crippen molar-refractivity contribution >= 4 is 54.8 Å². The summed E-state index contributed by atoms with van der Waals surface area (Å²) in [6.07, 6.45) is 2.67. The van der Waals surface area contributed by atoms with Gasteiger partial charge in [0.2, 0.25) is 5.91 Å². The van der Waals surface area contributed by atoms with Crippen LogP contribution in [0.15, 0.2) is 76.5 Å². The molecule has 0 saturated carbocycles. The number of piperazine rings is 1. The predicted octanol–water partition coefficient (Wildman–Crippen LogP) is 5.14.